The fourth-order valence-corrected chi connectivity index (χ4v) is 3.80. The molecule has 8 heteroatoms. The topological polar surface area (TPSA) is 89.0 Å². The summed E-state index contributed by atoms with van der Waals surface area (Å²) in [5.74, 6) is 1.42. The number of ether oxygens (including phenoxy) is 1. The highest BCUT2D eigenvalue weighted by molar-refractivity contribution is 7.11. The van der Waals surface area contributed by atoms with Gasteiger partial charge in [0.1, 0.15) is 16.4 Å². The minimum absolute atomic E-state index is 0.108. The van der Waals surface area contributed by atoms with Crippen molar-refractivity contribution in [2.45, 2.75) is 6.92 Å². The quantitative estimate of drug-likeness (QED) is 0.442. The number of nitrogens with one attached hydrogen (secondary N) is 2. The summed E-state index contributed by atoms with van der Waals surface area (Å²) in [7, 11) is 1.64. The Hall–Kier alpha value is -3.52. The van der Waals surface area contributed by atoms with Gasteiger partial charge in [-0.25, -0.2) is 9.97 Å². The van der Waals surface area contributed by atoms with E-state index in [1.165, 1.54) is 11.3 Å². The van der Waals surface area contributed by atoms with Crippen LogP contribution in [0.2, 0.25) is 0 Å². The van der Waals surface area contributed by atoms with E-state index < -0.39 is 0 Å². The van der Waals surface area contributed by atoms with E-state index in [1.807, 2.05) is 49.4 Å². The molecular weight excluding hydrogens is 398 g/mol. The van der Waals surface area contributed by atoms with Crippen molar-refractivity contribution in [3.63, 3.8) is 0 Å². The van der Waals surface area contributed by atoms with Gasteiger partial charge in [0.05, 0.1) is 29.5 Å². The number of carbonyl (C=O) groups is 1. The molecule has 0 aliphatic carbocycles. The molecule has 0 aliphatic heterocycles. The predicted octanol–water partition coefficient (Wildman–Crippen LogP) is 3.91. The van der Waals surface area contributed by atoms with Gasteiger partial charge < -0.3 is 15.4 Å². The van der Waals surface area contributed by atoms with Crippen LogP contribution in [0.25, 0.3) is 22.2 Å². The number of amides is 1. The van der Waals surface area contributed by atoms with E-state index in [1.54, 1.807) is 18.8 Å². The van der Waals surface area contributed by atoms with Crippen LogP contribution in [-0.4, -0.2) is 41.1 Å². The van der Waals surface area contributed by atoms with Crippen LogP contribution in [0.15, 0.2) is 54.2 Å². The third-order valence-electron chi connectivity index (χ3n) is 4.64. The summed E-state index contributed by atoms with van der Waals surface area (Å²) in [6.07, 6.45) is 1.77. The highest BCUT2D eigenvalue weighted by Gasteiger charge is 2.12. The Balaban J connectivity index is 1.51. The number of thiazole rings is 1. The maximum absolute atomic E-state index is 12.2. The van der Waals surface area contributed by atoms with Crippen molar-refractivity contribution in [2.75, 3.05) is 25.5 Å². The molecule has 3 aromatic heterocycles. The summed E-state index contributed by atoms with van der Waals surface area (Å²) >= 11 is 1.34. The first-order chi connectivity index (χ1) is 14.7. The molecule has 0 saturated heterocycles. The van der Waals surface area contributed by atoms with Crippen LogP contribution >= 0.6 is 11.3 Å². The number of nitrogens with zero attached hydrogens (tertiary/aromatic N) is 3. The minimum atomic E-state index is -0.108. The highest BCUT2D eigenvalue weighted by atomic mass is 32.1. The zero-order valence-electron chi connectivity index (χ0n) is 16.7. The van der Waals surface area contributed by atoms with E-state index in [4.69, 9.17) is 9.72 Å². The molecule has 0 saturated carbocycles. The largest absolute Gasteiger partial charge is 0.497 e. The molecule has 3 heterocycles. The zero-order chi connectivity index (χ0) is 20.9. The molecule has 0 bridgehead atoms. The summed E-state index contributed by atoms with van der Waals surface area (Å²) in [6.45, 7) is 2.83. The fourth-order valence-electron chi connectivity index (χ4n) is 3.08. The van der Waals surface area contributed by atoms with Gasteiger partial charge in [0.2, 0.25) is 0 Å². The Morgan fingerprint density at radius 2 is 1.97 bits per heavy atom. The number of aromatic nitrogens is 3. The molecule has 2 N–H and O–H groups in total. The van der Waals surface area contributed by atoms with Crippen molar-refractivity contribution in [1.82, 2.24) is 20.3 Å². The summed E-state index contributed by atoms with van der Waals surface area (Å²) < 4.78 is 5.24. The molecule has 1 amide bonds. The standard InChI is InChI=1S/C22H21N5O2S/c1-14-20(30-13-26-14)22(28)25-11-10-24-21-17-4-3-9-23-19(17)12-18(27-21)15-5-7-16(29-2)8-6-15/h3-9,12-13H,10-11H2,1-2H3,(H,24,27)(H,25,28). The number of rotatable bonds is 7. The van der Waals surface area contributed by atoms with Crippen molar-refractivity contribution in [2.24, 2.45) is 0 Å². The fraction of sp³-hybridized carbons (Fsp3) is 0.182. The van der Waals surface area contributed by atoms with E-state index in [9.17, 15) is 4.79 Å². The van der Waals surface area contributed by atoms with Crippen LogP contribution in [0.3, 0.4) is 0 Å². The van der Waals surface area contributed by atoms with Crippen molar-refractivity contribution in [3.05, 3.63) is 64.7 Å². The van der Waals surface area contributed by atoms with E-state index in [-0.39, 0.29) is 5.91 Å². The average Bonchev–Trinajstić information content (AvgIpc) is 3.22. The number of hydrogen-bond donors (Lipinski definition) is 2. The molecule has 0 aliphatic rings. The number of pyridine rings is 2. The number of hydrogen-bond acceptors (Lipinski definition) is 7. The lowest BCUT2D eigenvalue weighted by Crippen LogP contribution is -2.28. The van der Waals surface area contributed by atoms with Gasteiger partial charge in [-0.2, -0.15) is 0 Å². The first-order valence-electron chi connectivity index (χ1n) is 9.48. The molecule has 0 spiro atoms. The van der Waals surface area contributed by atoms with Crippen molar-refractivity contribution >= 4 is 34.0 Å². The number of aryl methyl sites for hydroxylation is 1. The molecule has 7 nitrogen and oxygen atoms in total. The Kier molecular flexibility index (Phi) is 5.85. The maximum atomic E-state index is 12.2. The van der Waals surface area contributed by atoms with Crippen LogP contribution in [0, 0.1) is 6.92 Å². The second-order valence-electron chi connectivity index (χ2n) is 6.60. The normalized spacial score (nSPS) is 10.7. The van der Waals surface area contributed by atoms with E-state index in [0.717, 1.165) is 39.4 Å². The number of anilines is 1. The first kappa shape index (κ1) is 19.8. The molecule has 0 fully saturated rings. The van der Waals surface area contributed by atoms with Gasteiger partial charge in [0.15, 0.2) is 0 Å². The third-order valence-corrected chi connectivity index (χ3v) is 5.57. The first-order valence-corrected chi connectivity index (χ1v) is 10.4. The van der Waals surface area contributed by atoms with Crippen LogP contribution in [0.5, 0.6) is 5.75 Å². The maximum Gasteiger partial charge on any atom is 0.263 e. The van der Waals surface area contributed by atoms with Gasteiger partial charge in [0, 0.05) is 30.2 Å². The lowest BCUT2D eigenvalue weighted by Gasteiger charge is -2.12. The lowest BCUT2D eigenvalue weighted by atomic mass is 10.1. The molecule has 0 radical (unpaired) electrons. The Labute approximate surface area is 178 Å². The predicted molar refractivity (Wildman–Crippen MR) is 119 cm³/mol. The Morgan fingerprint density at radius 3 is 2.70 bits per heavy atom. The number of carbonyl (C=O) groups excluding carboxylic acids is 1. The van der Waals surface area contributed by atoms with Gasteiger partial charge in [-0.15, -0.1) is 11.3 Å². The number of fused-ring (bicyclic) bond motifs is 1. The summed E-state index contributed by atoms with van der Waals surface area (Å²) in [6, 6.07) is 13.6. The van der Waals surface area contributed by atoms with Crippen LogP contribution in [0.1, 0.15) is 15.4 Å². The van der Waals surface area contributed by atoms with Crippen LogP contribution in [-0.2, 0) is 0 Å². The molecule has 0 unspecified atom stereocenters. The van der Waals surface area contributed by atoms with Crippen molar-refractivity contribution < 1.29 is 9.53 Å². The number of benzene rings is 1. The molecule has 30 heavy (non-hydrogen) atoms. The van der Waals surface area contributed by atoms with Crippen molar-refractivity contribution in [1.29, 1.82) is 0 Å². The average molecular weight is 420 g/mol. The Morgan fingerprint density at radius 1 is 1.13 bits per heavy atom. The molecule has 0 atom stereocenters. The molecule has 4 rings (SSSR count). The van der Waals surface area contributed by atoms with Gasteiger partial charge in [0.25, 0.3) is 5.91 Å². The molecular formula is C22H21N5O2S. The lowest BCUT2D eigenvalue weighted by molar-refractivity contribution is 0.0958. The molecule has 4 aromatic rings. The monoisotopic (exact) mass is 419 g/mol. The number of methoxy groups -OCH3 is 1. The Bertz CT molecular complexity index is 1170. The zero-order valence-corrected chi connectivity index (χ0v) is 17.5. The SMILES string of the molecule is COc1ccc(-c2cc3ncccc3c(NCCNC(=O)c3scnc3C)n2)cc1. The smallest absolute Gasteiger partial charge is 0.263 e. The van der Waals surface area contributed by atoms with Crippen LogP contribution < -0.4 is 15.4 Å². The van der Waals surface area contributed by atoms with E-state index in [0.29, 0.717) is 18.0 Å². The van der Waals surface area contributed by atoms with Crippen LogP contribution in [0.4, 0.5) is 5.82 Å². The van der Waals surface area contributed by atoms with Crippen molar-refractivity contribution in [3.8, 4) is 17.0 Å². The molecule has 1 aromatic carbocycles. The summed E-state index contributed by atoms with van der Waals surface area (Å²) in [4.78, 5) is 26.3. The second-order valence-corrected chi connectivity index (χ2v) is 7.46. The minimum Gasteiger partial charge on any atom is -0.497 e. The molecule has 152 valence electrons. The van der Waals surface area contributed by atoms with E-state index in [2.05, 4.69) is 20.6 Å². The summed E-state index contributed by atoms with van der Waals surface area (Å²) in [5, 5.41) is 7.18. The van der Waals surface area contributed by atoms with Gasteiger partial charge in [-0.05, 0) is 49.4 Å². The summed E-state index contributed by atoms with van der Waals surface area (Å²) in [5.41, 5.74) is 5.06. The highest BCUT2D eigenvalue weighted by Crippen LogP contribution is 2.27. The third kappa shape index (κ3) is 4.23. The van der Waals surface area contributed by atoms with E-state index >= 15 is 0 Å². The van der Waals surface area contributed by atoms with Gasteiger partial charge in [-0.1, -0.05) is 0 Å². The van der Waals surface area contributed by atoms with Gasteiger partial charge >= 0.3 is 0 Å². The second kappa shape index (κ2) is 8.87. The van der Waals surface area contributed by atoms with Gasteiger partial charge in [-0.3, -0.25) is 9.78 Å².